The first-order valence-corrected chi connectivity index (χ1v) is 11.1. The summed E-state index contributed by atoms with van der Waals surface area (Å²) in [5.74, 6) is -0.120. The van der Waals surface area contributed by atoms with Gasteiger partial charge in [-0.25, -0.2) is 4.79 Å². The van der Waals surface area contributed by atoms with Crippen LogP contribution in [0.5, 0.6) is 5.75 Å². The Morgan fingerprint density at radius 2 is 1.70 bits per heavy atom. The van der Waals surface area contributed by atoms with Crippen molar-refractivity contribution in [1.29, 1.82) is 0 Å². The predicted octanol–water partition coefficient (Wildman–Crippen LogP) is 5.10. The third kappa shape index (κ3) is 7.47. The maximum Gasteiger partial charge on any atom is 0.513 e. The molecule has 0 heterocycles. The van der Waals surface area contributed by atoms with Gasteiger partial charge in [-0.15, -0.1) is 0 Å². The van der Waals surface area contributed by atoms with E-state index < -0.39 is 6.16 Å². The highest BCUT2D eigenvalue weighted by Gasteiger charge is 2.10. The molecule has 2 amide bonds. The van der Waals surface area contributed by atoms with Crippen LogP contribution >= 0.6 is 15.9 Å². The van der Waals surface area contributed by atoms with Crippen LogP contribution in [0.25, 0.3) is 0 Å². The average Bonchev–Trinajstić information content (AvgIpc) is 2.80. The summed E-state index contributed by atoms with van der Waals surface area (Å²) in [7, 11) is 0. The van der Waals surface area contributed by atoms with Gasteiger partial charge in [0.15, 0.2) is 0 Å². The minimum absolute atomic E-state index is 0.131. The molecule has 0 atom stereocenters. The summed E-state index contributed by atoms with van der Waals surface area (Å²) < 4.78 is 10.6. The molecule has 7 nitrogen and oxygen atoms in total. The first-order chi connectivity index (χ1) is 15.9. The lowest BCUT2D eigenvalue weighted by molar-refractivity contribution is -0.115. The van der Waals surface area contributed by atoms with Crippen LogP contribution in [-0.2, 0) is 22.5 Å². The topological polar surface area (TPSA) is 93.7 Å². The van der Waals surface area contributed by atoms with Gasteiger partial charge in [-0.2, -0.15) is 0 Å². The normalized spacial score (nSPS) is 10.2. The zero-order valence-corrected chi connectivity index (χ0v) is 19.6. The van der Waals surface area contributed by atoms with Crippen LogP contribution in [0.3, 0.4) is 0 Å². The standard InChI is InChI=1S/C25H23BrN2O5/c1-2-32-25(31)33-21-12-10-18(11-13-21)24(30)27-16-17-6-5-8-20(14-17)28-23(29)15-19-7-3-4-9-22(19)26/h3-14H,2,15-16H2,1H3,(H,27,30)(H,28,29). The number of hydrogen-bond acceptors (Lipinski definition) is 5. The van der Waals surface area contributed by atoms with Crippen molar-refractivity contribution in [2.75, 3.05) is 11.9 Å². The van der Waals surface area contributed by atoms with E-state index in [0.29, 0.717) is 11.3 Å². The second kappa shape index (κ2) is 11.8. The molecule has 0 saturated carbocycles. The van der Waals surface area contributed by atoms with Gasteiger partial charge in [-0.3, -0.25) is 9.59 Å². The number of benzene rings is 3. The van der Waals surface area contributed by atoms with E-state index in [0.717, 1.165) is 15.6 Å². The Morgan fingerprint density at radius 3 is 2.42 bits per heavy atom. The number of rotatable bonds is 8. The van der Waals surface area contributed by atoms with Crippen LogP contribution in [0.4, 0.5) is 10.5 Å². The molecule has 0 aliphatic rings. The van der Waals surface area contributed by atoms with Gasteiger partial charge < -0.3 is 20.1 Å². The molecule has 33 heavy (non-hydrogen) atoms. The van der Waals surface area contributed by atoms with E-state index in [9.17, 15) is 14.4 Å². The number of carbonyl (C=O) groups excluding carboxylic acids is 3. The number of hydrogen-bond donors (Lipinski definition) is 2. The molecule has 0 aromatic heterocycles. The van der Waals surface area contributed by atoms with Crippen molar-refractivity contribution in [2.45, 2.75) is 19.9 Å². The van der Waals surface area contributed by atoms with E-state index in [4.69, 9.17) is 9.47 Å². The molecule has 0 aliphatic heterocycles. The van der Waals surface area contributed by atoms with E-state index >= 15 is 0 Å². The summed E-state index contributed by atoms with van der Waals surface area (Å²) in [6.45, 7) is 2.19. The quantitative estimate of drug-likeness (QED) is 0.325. The minimum Gasteiger partial charge on any atom is -0.434 e. The predicted molar refractivity (Wildman–Crippen MR) is 128 cm³/mol. The summed E-state index contributed by atoms with van der Waals surface area (Å²) >= 11 is 3.45. The fourth-order valence-corrected chi connectivity index (χ4v) is 3.41. The number of nitrogens with one attached hydrogen (secondary N) is 2. The molecule has 170 valence electrons. The SMILES string of the molecule is CCOC(=O)Oc1ccc(C(=O)NCc2cccc(NC(=O)Cc3ccccc3Br)c2)cc1. The zero-order valence-electron chi connectivity index (χ0n) is 18.0. The van der Waals surface area contributed by atoms with E-state index in [1.807, 2.05) is 42.5 Å². The lowest BCUT2D eigenvalue weighted by atomic mass is 10.1. The van der Waals surface area contributed by atoms with Gasteiger partial charge >= 0.3 is 6.16 Å². The van der Waals surface area contributed by atoms with Crippen molar-refractivity contribution >= 4 is 39.6 Å². The summed E-state index contributed by atoms with van der Waals surface area (Å²) in [5.41, 5.74) is 2.81. The molecule has 0 spiro atoms. The van der Waals surface area contributed by atoms with Gasteiger partial charge in [0, 0.05) is 22.3 Å². The smallest absolute Gasteiger partial charge is 0.434 e. The van der Waals surface area contributed by atoms with E-state index in [2.05, 4.69) is 26.6 Å². The third-order valence-electron chi connectivity index (χ3n) is 4.55. The molecule has 0 unspecified atom stereocenters. The molecular formula is C25H23BrN2O5. The van der Waals surface area contributed by atoms with Gasteiger partial charge in [0.25, 0.3) is 5.91 Å². The first kappa shape index (κ1) is 24.0. The Kier molecular flexibility index (Phi) is 8.60. The molecule has 0 bridgehead atoms. The van der Waals surface area contributed by atoms with Gasteiger partial charge in [0.1, 0.15) is 5.75 Å². The molecule has 0 saturated heterocycles. The molecule has 0 radical (unpaired) electrons. The van der Waals surface area contributed by atoms with Gasteiger partial charge in [-0.05, 0) is 60.5 Å². The highest BCUT2D eigenvalue weighted by Crippen LogP contribution is 2.18. The van der Waals surface area contributed by atoms with E-state index in [1.54, 1.807) is 25.1 Å². The van der Waals surface area contributed by atoms with Crippen molar-refractivity contribution in [2.24, 2.45) is 0 Å². The summed E-state index contributed by atoms with van der Waals surface area (Å²) in [6.07, 6.45) is -0.545. The summed E-state index contributed by atoms with van der Waals surface area (Å²) in [6, 6.07) is 21.0. The molecule has 8 heteroatoms. The first-order valence-electron chi connectivity index (χ1n) is 10.3. The van der Waals surface area contributed by atoms with E-state index in [-0.39, 0.29) is 37.1 Å². The fourth-order valence-electron chi connectivity index (χ4n) is 2.98. The Bertz CT molecular complexity index is 1130. The summed E-state index contributed by atoms with van der Waals surface area (Å²) in [5, 5.41) is 5.72. The molecular weight excluding hydrogens is 488 g/mol. The van der Waals surface area contributed by atoms with Gasteiger partial charge in [-0.1, -0.05) is 46.3 Å². The lowest BCUT2D eigenvalue weighted by Crippen LogP contribution is -2.23. The van der Waals surface area contributed by atoms with E-state index in [1.165, 1.54) is 12.1 Å². The lowest BCUT2D eigenvalue weighted by Gasteiger charge is -2.10. The molecule has 3 aromatic carbocycles. The number of carbonyl (C=O) groups is 3. The maximum atomic E-state index is 12.4. The van der Waals surface area contributed by atoms with Crippen molar-refractivity contribution in [3.8, 4) is 5.75 Å². The second-order valence-corrected chi connectivity index (χ2v) is 7.86. The van der Waals surface area contributed by atoms with Crippen LogP contribution in [0.15, 0.2) is 77.3 Å². The summed E-state index contributed by atoms with van der Waals surface area (Å²) in [4.78, 5) is 36.2. The number of anilines is 1. The van der Waals surface area contributed by atoms with Crippen LogP contribution in [0.1, 0.15) is 28.4 Å². The van der Waals surface area contributed by atoms with Crippen LogP contribution in [-0.4, -0.2) is 24.6 Å². The molecule has 2 N–H and O–H groups in total. The molecule has 0 fully saturated rings. The van der Waals surface area contributed by atoms with Crippen molar-refractivity contribution in [3.05, 3.63) is 94.0 Å². The molecule has 3 aromatic rings. The van der Waals surface area contributed by atoms with Gasteiger partial charge in [0.2, 0.25) is 5.91 Å². The van der Waals surface area contributed by atoms with Crippen molar-refractivity contribution in [1.82, 2.24) is 5.32 Å². The number of ether oxygens (including phenoxy) is 2. The minimum atomic E-state index is -0.793. The molecule has 3 rings (SSSR count). The Hall–Kier alpha value is -3.65. The van der Waals surface area contributed by atoms with Crippen molar-refractivity contribution < 1.29 is 23.9 Å². The Labute approximate surface area is 200 Å². The van der Waals surface area contributed by atoms with Gasteiger partial charge in [0.05, 0.1) is 13.0 Å². The van der Waals surface area contributed by atoms with Crippen molar-refractivity contribution in [3.63, 3.8) is 0 Å². The van der Waals surface area contributed by atoms with Crippen LogP contribution < -0.4 is 15.4 Å². The fraction of sp³-hybridized carbons (Fsp3) is 0.160. The third-order valence-corrected chi connectivity index (χ3v) is 5.33. The largest absolute Gasteiger partial charge is 0.513 e. The Balaban J connectivity index is 1.52. The highest BCUT2D eigenvalue weighted by atomic mass is 79.9. The monoisotopic (exact) mass is 510 g/mol. The number of amides is 2. The number of halogens is 1. The van der Waals surface area contributed by atoms with Crippen LogP contribution in [0, 0.1) is 0 Å². The van der Waals surface area contributed by atoms with Crippen LogP contribution in [0.2, 0.25) is 0 Å². The molecule has 0 aliphatic carbocycles. The highest BCUT2D eigenvalue weighted by molar-refractivity contribution is 9.10. The second-order valence-electron chi connectivity index (χ2n) is 7.01. The zero-order chi connectivity index (χ0) is 23.6. The Morgan fingerprint density at radius 1 is 0.939 bits per heavy atom. The average molecular weight is 511 g/mol. The maximum absolute atomic E-state index is 12.4.